The molecule has 1 heteroatoms. The molecular formula is C16H18S. The summed E-state index contributed by atoms with van der Waals surface area (Å²) in [5.74, 6) is 0. The highest BCUT2D eigenvalue weighted by molar-refractivity contribution is 7.20. The maximum atomic E-state index is 3.92. The molecule has 0 aliphatic carbocycles. The van der Waals surface area contributed by atoms with Gasteiger partial charge >= 0.3 is 0 Å². The topological polar surface area (TPSA) is 0 Å². The maximum Gasteiger partial charge on any atom is 0.0387 e. The van der Waals surface area contributed by atoms with Gasteiger partial charge in [-0.2, -0.15) is 0 Å². The molecule has 17 heavy (non-hydrogen) atoms. The van der Waals surface area contributed by atoms with Crippen LogP contribution in [0.2, 0.25) is 0 Å². The Kier molecular flexibility index (Phi) is 3.80. The van der Waals surface area contributed by atoms with Crippen LogP contribution < -0.4 is 0 Å². The number of rotatable bonds is 4. The molecule has 2 rings (SSSR count). The van der Waals surface area contributed by atoms with Gasteiger partial charge in [-0.3, -0.25) is 0 Å². The first-order valence-corrected chi connectivity index (χ1v) is 6.93. The molecule has 0 saturated carbocycles. The van der Waals surface area contributed by atoms with Gasteiger partial charge in [0.05, 0.1) is 0 Å². The van der Waals surface area contributed by atoms with Gasteiger partial charge in [-0.25, -0.2) is 0 Å². The zero-order valence-corrected chi connectivity index (χ0v) is 11.3. The van der Waals surface area contributed by atoms with Crippen LogP contribution in [0.3, 0.4) is 0 Å². The number of thiophene rings is 1. The largest absolute Gasteiger partial charge is 0.135 e. The number of hydrogen-bond acceptors (Lipinski definition) is 1. The average Bonchev–Trinajstić information content (AvgIpc) is 2.70. The summed E-state index contributed by atoms with van der Waals surface area (Å²) >= 11 is 1.86. The average molecular weight is 242 g/mol. The fourth-order valence-electron chi connectivity index (χ4n) is 2.17. The SMILES string of the molecule is C=Cc1sc2c(CCC)cccc2c1/C=C\C. The molecule has 1 heterocycles. The number of allylic oxidation sites excluding steroid dienone is 1. The van der Waals surface area contributed by atoms with Gasteiger partial charge in [0.15, 0.2) is 0 Å². The number of aryl methyl sites for hydroxylation is 1. The van der Waals surface area contributed by atoms with Crippen LogP contribution >= 0.6 is 11.3 Å². The first-order valence-electron chi connectivity index (χ1n) is 6.11. The minimum Gasteiger partial charge on any atom is -0.135 e. The Bertz CT molecular complexity index is 558. The Morgan fingerprint density at radius 2 is 2.18 bits per heavy atom. The van der Waals surface area contributed by atoms with E-state index in [0.717, 1.165) is 6.42 Å². The van der Waals surface area contributed by atoms with Crippen molar-refractivity contribution in [2.24, 2.45) is 0 Å². The molecule has 0 radical (unpaired) electrons. The van der Waals surface area contributed by atoms with Gasteiger partial charge in [-0.15, -0.1) is 11.3 Å². The summed E-state index contributed by atoms with van der Waals surface area (Å²) in [4.78, 5) is 1.28. The molecule has 0 saturated heterocycles. The fraction of sp³-hybridized carbons (Fsp3) is 0.250. The molecule has 2 aromatic rings. The highest BCUT2D eigenvalue weighted by atomic mass is 32.1. The van der Waals surface area contributed by atoms with E-state index in [1.54, 1.807) is 0 Å². The fourth-order valence-corrected chi connectivity index (χ4v) is 3.35. The lowest BCUT2D eigenvalue weighted by Gasteiger charge is -2.00. The van der Waals surface area contributed by atoms with Gasteiger partial charge in [0.1, 0.15) is 0 Å². The van der Waals surface area contributed by atoms with Gasteiger partial charge in [-0.1, -0.05) is 56.4 Å². The van der Waals surface area contributed by atoms with Gasteiger partial charge in [-0.05, 0) is 24.5 Å². The Morgan fingerprint density at radius 3 is 2.82 bits per heavy atom. The predicted octanol–water partition coefficient (Wildman–Crippen LogP) is 5.53. The molecule has 0 fully saturated rings. The molecule has 0 N–H and O–H groups in total. The lowest BCUT2D eigenvalue weighted by molar-refractivity contribution is 0.931. The van der Waals surface area contributed by atoms with Crippen molar-refractivity contribution in [3.8, 4) is 0 Å². The van der Waals surface area contributed by atoms with Crippen LogP contribution in [0.15, 0.2) is 30.9 Å². The van der Waals surface area contributed by atoms with Crippen LogP contribution in [0.4, 0.5) is 0 Å². The summed E-state index contributed by atoms with van der Waals surface area (Å²) in [5.41, 5.74) is 2.79. The predicted molar refractivity (Wildman–Crippen MR) is 80.6 cm³/mol. The van der Waals surface area contributed by atoms with Crippen molar-refractivity contribution in [3.05, 3.63) is 46.9 Å². The molecule has 0 atom stereocenters. The summed E-state index contributed by atoms with van der Waals surface area (Å²) in [6, 6.07) is 6.63. The van der Waals surface area contributed by atoms with Crippen LogP contribution in [-0.2, 0) is 6.42 Å². The minimum atomic E-state index is 1.16. The molecule has 0 unspecified atom stereocenters. The third-order valence-corrected chi connectivity index (χ3v) is 4.20. The van der Waals surface area contributed by atoms with Crippen molar-refractivity contribution in [3.63, 3.8) is 0 Å². The van der Waals surface area contributed by atoms with Crippen molar-refractivity contribution in [2.45, 2.75) is 26.7 Å². The lowest BCUT2D eigenvalue weighted by atomic mass is 10.0. The summed E-state index contributed by atoms with van der Waals surface area (Å²) in [7, 11) is 0. The minimum absolute atomic E-state index is 1.16. The smallest absolute Gasteiger partial charge is 0.0387 e. The number of fused-ring (bicyclic) bond motifs is 1. The Labute approximate surface area is 107 Å². The first kappa shape index (κ1) is 12.1. The summed E-state index contributed by atoms with van der Waals surface area (Å²) in [6.07, 6.45) is 8.60. The second kappa shape index (κ2) is 5.33. The van der Waals surface area contributed by atoms with Gasteiger partial charge < -0.3 is 0 Å². The maximum absolute atomic E-state index is 3.92. The molecule has 0 bridgehead atoms. The molecule has 0 nitrogen and oxygen atoms in total. The van der Waals surface area contributed by atoms with Crippen molar-refractivity contribution in [1.82, 2.24) is 0 Å². The summed E-state index contributed by atoms with van der Waals surface area (Å²) in [5, 5.41) is 1.37. The van der Waals surface area contributed by atoms with Crippen LogP contribution in [0, 0.1) is 0 Å². The molecule has 0 spiro atoms. The third-order valence-electron chi connectivity index (χ3n) is 2.90. The van der Waals surface area contributed by atoms with E-state index in [1.807, 2.05) is 17.4 Å². The number of benzene rings is 1. The van der Waals surface area contributed by atoms with Gasteiger partial charge in [0.2, 0.25) is 0 Å². The van der Waals surface area contributed by atoms with E-state index in [0.29, 0.717) is 0 Å². The molecule has 0 amide bonds. The van der Waals surface area contributed by atoms with Crippen LogP contribution in [0.5, 0.6) is 0 Å². The second-order valence-corrected chi connectivity index (χ2v) is 5.18. The molecule has 1 aromatic carbocycles. The molecule has 1 aromatic heterocycles. The van der Waals surface area contributed by atoms with E-state index in [9.17, 15) is 0 Å². The summed E-state index contributed by atoms with van der Waals surface area (Å²) < 4.78 is 1.43. The lowest BCUT2D eigenvalue weighted by Crippen LogP contribution is -1.82. The van der Waals surface area contributed by atoms with E-state index in [1.165, 1.54) is 32.5 Å². The van der Waals surface area contributed by atoms with E-state index in [4.69, 9.17) is 0 Å². The van der Waals surface area contributed by atoms with Gasteiger partial charge in [0, 0.05) is 15.0 Å². The van der Waals surface area contributed by atoms with Crippen molar-refractivity contribution in [2.75, 3.05) is 0 Å². The standard InChI is InChI=1S/C16H18S/c1-4-8-12-10-7-11-14-13(9-5-2)15(6-3)17-16(12)14/h5-7,9-11H,3-4,8H2,1-2H3/b9-5-. The Morgan fingerprint density at radius 1 is 1.35 bits per heavy atom. The molecular weight excluding hydrogens is 224 g/mol. The van der Waals surface area contributed by atoms with Crippen LogP contribution in [-0.4, -0.2) is 0 Å². The monoisotopic (exact) mass is 242 g/mol. The highest BCUT2D eigenvalue weighted by Gasteiger charge is 2.10. The molecule has 88 valence electrons. The quantitative estimate of drug-likeness (QED) is 0.661. The van der Waals surface area contributed by atoms with E-state index in [-0.39, 0.29) is 0 Å². The van der Waals surface area contributed by atoms with E-state index >= 15 is 0 Å². The van der Waals surface area contributed by atoms with E-state index in [2.05, 4.69) is 50.8 Å². The summed E-state index contributed by atoms with van der Waals surface area (Å²) in [6.45, 7) is 8.21. The first-order chi connectivity index (χ1) is 8.31. The zero-order chi connectivity index (χ0) is 12.3. The number of hydrogen-bond donors (Lipinski definition) is 0. The Hall–Kier alpha value is -1.34. The second-order valence-electron chi connectivity index (χ2n) is 4.13. The van der Waals surface area contributed by atoms with Crippen LogP contribution in [0.1, 0.15) is 36.3 Å². The van der Waals surface area contributed by atoms with Crippen molar-refractivity contribution >= 4 is 33.6 Å². The zero-order valence-electron chi connectivity index (χ0n) is 10.5. The highest BCUT2D eigenvalue weighted by Crippen LogP contribution is 2.35. The molecule has 0 aliphatic rings. The molecule has 0 aliphatic heterocycles. The normalized spacial score (nSPS) is 11.4. The van der Waals surface area contributed by atoms with Crippen LogP contribution in [0.25, 0.3) is 22.2 Å². The third kappa shape index (κ3) is 2.20. The van der Waals surface area contributed by atoms with Crippen molar-refractivity contribution in [1.29, 1.82) is 0 Å². The van der Waals surface area contributed by atoms with E-state index < -0.39 is 0 Å². The van der Waals surface area contributed by atoms with Crippen molar-refractivity contribution < 1.29 is 0 Å². The van der Waals surface area contributed by atoms with Gasteiger partial charge in [0.25, 0.3) is 0 Å². The Balaban J connectivity index is 2.72.